The average molecular weight is 409 g/mol. The monoisotopic (exact) mass is 409 g/mol. The Morgan fingerprint density at radius 1 is 1.39 bits per heavy atom. The lowest BCUT2D eigenvalue weighted by molar-refractivity contribution is -0.150. The third-order valence-electron chi connectivity index (χ3n) is 4.45. The number of aromatic nitrogens is 1. The molecule has 1 aliphatic heterocycles. The molecule has 1 aliphatic rings. The number of ether oxygens (including phenoxy) is 1. The van der Waals surface area contributed by atoms with Crippen molar-refractivity contribution in [3.05, 3.63) is 35.2 Å². The van der Waals surface area contributed by atoms with Crippen LogP contribution >= 0.6 is 11.3 Å². The van der Waals surface area contributed by atoms with Gasteiger partial charge >= 0.3 is 5.97 Å². The van der Waals surface area contributed by atoms with Crippen molar-refractivity contribution in [3.8, 4) is 11.3 Å². The van der Waals surface area contributed by atoms with Crippen LogP contribution in [0.25, 0.3) is 11.3 Å². The molecule has 1 saturated heterocycles. The van der Waals surface area contributed by atoms with Gasteiger partial charge in [-0.25, -0.2) is 13.8 Å². The molecular formula is C19H21F2N3O3S. The fraction of sp³-hybridized carbons (Fsp3) is 0.421. The van der Waals surface area contributed by atoms with Gasteiger partial charge in [-0.2, -0.15) is 0 Å². The molecule has 1 aromatic carbocycles. The highest BCUT2D eigenvalue weighted by Gasteiger charge is 2.27. The van der Waals surface area contributed by atoms with Crippen LogP contribution in [0, 0.1) is 17.6 Å². The van der Waals surface area contributed by atoms with Gasteiger partial charge in [-0.15, -0.1) is 11.3 Å². The van der Waals surface area contributed by atoms with E-state index in [1.165, 1.54) is 0 Å². The Morgan fingerprint density at radius 3 is 3.00 bits per heavy atom. The molecule has 6 nitrogen and oxygen atoms in total. The van der Waals surface area contributed by atoms with E-state index in [1.54, 1.807) is 12.3 Å². The van der Waals surface area contributed by atoms with Crippen molar-refractivity contribution in [3.63, 3.8) is 0 Å². The molecule has 3 rings (SSSR count). The summed E-state index contributed by atoms with van der Waals surface area (Å²) in [4.78, 5) is 30.3. The summed E-state index contributed by atoms with van der Waals surface area (Å²) < 4.78 is 32.3. The first kappa shape index (κ1) is 20.3. The number of nitrogens with zero attached hydrogens (tertiary/aromatic N) is 2. The molecule has 0 radical (unpaired) electrons. The molecule has 0 spiro atoms. The molecule has 0 bridgehead atoms. The molecule has 2 aromatic rings. The summed E-state index contributed by atoms with van der Waals surface area (Å²) in [6, 6.07) is 3.15. The van der Waals surface area contributed by atoms with E-state index in [9.17, 15) is 18.4 Å². The normalized spacial score (nSPS) is 17.3. The van der Waals surface area contributed by atoms with Crippen LogP contribution in [0.3, 0.4) is 0 Å². The summed E-state index contributed by atoms with van der Waals surface area (Å²) in [6.45, 7) is 3.43. The lowest BCUT2D eigenvalue weighted by atomic mass is 9.98. The zero-order valence-corrected chi connectivity index (χ0v) is 16.2. The maximum atomic E-state index is 13.9. The summed E-state index contributed by atoms with van der Waals surface area (Å²) >= 11 is 1.14. The number of rotatable bonds is 6. The zero-order chi connectivity index (χ0) is 20.1. The Morgan fingerprint density at radius 2 is 2.21 bits per heavy atom. The van der Waals surface area contributed by atoms with Crippen molar-refractivity contribution in [1.29, 1.82) is 0 Å². The lowest BCUT2D eigenvalue weighted by Crippen LogP contribution is -2.43. The molecule has 0 saturated carbocycles. The fourth-order valence-electron chi connectivity index (χ4n) is 3.16. The van der Waals surface area contributed by atoms with Gasteiger partial charge in [0.2, 0.25) is 5.91 Å². The number of esters is 1. The van der Waals surface area contributed by atoms with Crippen LogP contribution in [0.5, 0.6) is 0 Å². The van der Waals surface area contributed by atoms with E-state index in [-0.39, 0.29) is 35.6 Å². The number of benzene rings is 1. The second kappa shape index (κ2) is 9.20. The van der Waals surface area contributed by atoms with E-state index in [1.807, 2.05) is 4.90 Å². The van der Waals surface area contributed by atoms with Gasteiger partial charge in [0, 0.05) is 17.5 Å². The van der Waals surface area contributed by atoms with Crippen molar-refractivity contribution >= 4 is 28.3 Å². The number of amides is 1. The lowest BCUT2D eigenvalue weighted by Gasteiger charge is -2.30. The average Bonchev–Trinajstić information content (AvgIpc) is 3.12. The van der Waals surface area contributed by atoms with E-state index in [4.69, 9.17) is 4.74 Å². The van der Waals surface area contributed by atoms with Crippen molar-refractivity contribution in [1.82, 2.24) is 9.88 Å². The Balaban J connectivity index is 1.57. The third kappa shape index (κ3) is 5.11. The number of carbonyl (C=O) groups is 2. The number of nitrogens with one attached hydrogen (secondary N) is 1. The van der Waals surface area contributed by atoms with Crippen LogP contribution in [0.1, 0.15) is 19.8 Å². The number of hydrogen-bond acceptors (Lipinski definition) is 6. The Bertz CT molecular complexity index is 859. The quantitative estimate of drug-likeness (QED) is 0.742. The largest absolute Gasteiger partial charge is 0.466 e. The Labute approximate surface area is 165 Å². The fourth-order valence-corrected chi connectivity index (χ4v) is 3.89. The first-order chi connectivity index (χ1) is 13.5. The highest BCUT2D eigenvalue weighted by Crippen LogP contribution is 2.27. The molecule has 1 aromatic heterocycles. The number of carbonyl (C=O) groups excluding carboxylic acids is 2. The zero-order valence-electron chi connectivity index (χ0n) is 15.4. The molecule has 1 amide bonds. The third-order valence-corrected chi connectivity index (χ3v) is 5.21. The SMILES string of the molecule is CCOC(=O)[C@H]1CCCN(CC(=O)Nc2nc(-c3cc(F)ccc3F)cs2)C1. The minimum atomic E-state index is -0.581. The van der Waals surface area contributed by atoms with Gasteiger partial charge in [-0.1, -0.05) is 0 Å². The number of anilines is 1. The molecule has 28 heavy (non-hydrogen) atoms. The molecule has 0 unspecified atom stereocenters. The highest BCUT2D eigenvalue weighted by atomic mass is 32.1. The van der Waals surface area contributed by atoms with Gasteiger partial charge < -0.3 is 10.1 Å². The number of thiazole rings is 1. The smallest absolute Gasteiger partial charge is 0.310 e. The molecule has 1 N–H and O–H groups in total. The topological polar surface area (TPSA) is 71.5 Å². The minimum Gasteiger partial charge on any atom is -0.466 e. The van der Waals surface area contributed by atoms with Crippen LogP contribution in [0.15, 0.2) is 23.6 Å². The maximum absolute atomic E-state index is 13.9. The van der Waals surface area contributed by atoms with E-state index in [2.05, 4.69) is 10.3 Å². The van der Waals surface area contributed by atoms with Gasteiger partial charge in [0.25, 0.3) is 0 Å². The summed E-state index contributed by atoms with van der Waals surface area (Å²) in [5, 5.41) is 4.55. The first-order valence-corrected chi connectivity index (χ1v) is 9.94. The molecular weight excluding hydrogens is 388 g/mol. The Hall–Kier alpha value is -2.39. The molecule has 9 heteroatoms. The molecule has 1 atom stereocenters. The summed E-state index contributed by atoms with van der Waals surface area (Å²) in [5.74, 6) is -1.86. The highest BCUT2D eigenvalue weighted by molar-refractivity contribution is 7.14. The molecule has 0 aliphatic carbocycles. The van der Waals surface area contributed by atoms with Crippen LogP contribution < -0.4 is 5.32 Å². The molecule has 1 fully saturated rings. The van der Waals surface area contributed by atoms with Crippen LogP contribution in [-0.2, 0) is 14.3 Å². The van der Waals surface area contributed by atoms with Crippen LogP contribution in [0.4, 0.5) is 13.9 Å². The number of hydrogen-bond donors (Lipinski definition) is 1. The number of halogens is 2. The summed E-state index contributed by atoms with van der Waals surface area (Å²) in [6.07, 6.45) is 1.57. The Kier molecular flexibility index (Phi) is 6.69. The van der Waals surface area contributed by atoms with E-state index in [0.29, 0.717) is 18.3 Å². The van der Waals surface area contributed by atoms with Gasteiger partial charge in [0.15, 0.2) is 5.13 Å². The van der Waals surface area contributed by atoms with E-state index < -0.39 is 11.6 Å². The molecule has 150 valence electrons. The standard InChI is InChI=1S/C19H21F2N3O3S/c1-2-27-18(26)12-4-3-7-24(9-12)10-17(25)23-19-22-16(11-28-19)14-8-13(20)5-6-15(14)21/h5-6,8,11-12H,2-4,7,9-10H2,1H3,(H,22,23,25)/t12-/m0/s1. The van der Waals surface area contributed by atoms with Crippen molar-refractivity contribution in [2.75, 3.05) is 31.6 Å². The summed E-state index contributed by atoms with van der Waals surface area (Å²) in [5.41, 5.74) is 0.308. The van der Waals surface area contributed by atoms with Gasteiger partial charge in [0.05, 0.1) is 24.8 Å². The van der Waals surface area contributed by atoms with E-state index >= 15 is 0 Å². The molecule has 2 heterocycles. The van der Waals surface area contributed by atoms with E-state index in [0.717, 1.165) is 48.9 Å². The summed E-state index contributed by atoms with van der Waals surface area (Å²) in [7, 11) is 0. The number of likely N-dealkylation sites (tertiary alicyclic amines) is 1. The van der Waals surface area contributed by atoms with Crippen LogP contribution in [-0.4, -0.2) is 48.0 Å². The van der Waals surface area contributed by atoms with Crippen molar-refractivity contribution < 1.29 is 23.1 Å². The predicted molar refractivity (Wildman–Crippen MR) is 102 cm³/mol. The maximum Gasteiger partial charge on any atom is 0.310 e. The van der Waals surface area contributed by atoms with Crippen LogP contribution in [0.2, 0.25) is 0 Å². The second-order valence-electron chi connectivity index (χ2n) is 6.54. The number of piperidine rings is 1. The van der Waals surface area contributed by atoms with Gasteiger partial charge in [-0.3, -0.25) is 14.5 Å². The van der Waals surface area contributed by atoms with Crippen molar-refractivity contribution in [2.24, 2.45) is 5.92 Å². The minimum absolute atomic E-state index is 0.0463. The second-order valence-corrected chi connectivity index (χ2v) is 7.39. The predicted octanol–water partition coefficient (Wildman–Crippen LogP) is 3.30. The van der Waals surface area contributed by atoms with Gasteiger partial charge in [0.1, 0.15) is 11.6 Å². The first-order valence-electron chi connectivity index (χ1n) is 9.06. The van der Waals surface area contributed by atoms with Gasteiger partial charge in [-0.05, 0) is 44.5 Å². The van der Waals surface area contributed by atoms with Crippen molar-refractivity contribution in [2.45, 2.75) is 19.8 Å².